The third-order valence-electron chi connectivity index (χ3n) is 18.8. The zero-order valence-electron chi connectivity index (χ0n) is 64.6. The molecule has 5 atom stereocenters. The molecule has 0 radical (unpaired) electrons. The van der Waals surface area contributed by atoms with Crippen molar-refractivity contribution in [3.8, 4) is 0 Å². The van der Waals surface area contributed by atoms with E-state index in [0.29, 0.717) is 25.7 Å². The lowest BCUT2D eigenvalue weighted by Crippen LogP contribution is -2.30. The highest BCUT2D eigenvalue weighted by Gasteiger charge is 2.30. The second-order valence-electron chi connectivity index (χ2n) is 29.3. The topological polar surface area (TPSA) is 237 Å². The molecule has 17 nitrogen and oxygen atoms in total. The fourth-order valence-corrected chi connectivity index (χ4v) is 14.0. The molecule has 99 heavy (non-hydrogen) atoms. The number of unbranched alkanes of at least 4 members (excludes halogenated alkanes) is 52. The zero-order chi connectivity index (χ0) is 72.7. The van der Waals surface area contributed by atoms with Gasteiger partial charge in [-0.25, -0.2) is 9.13 Å². The number of aliphatic hydroxyl groups excluding tert-OH is 1. The number of phosphoric ester groups is 2. The molecule has 588 valence electrons. The minimum Gasteiger partial charge on any atom is -0.462 e. The number of phosphoric acid groups is 2. The molecular weight excluding hydrogens is 1290 g/mol. The second-order valence-corrected chi connectivity index (χ2v) is 32.2. The van der Waals surface area contributed by atoms with Crippen molar-refractivity contribution < 1.29 is 80.2 Å². The summed E-state index contributed by atoms with van der Waals surface area (Å²) in [4.78, 5) is 72.9. The summed E-state index contributed by atoms with van der Waals surface area (Å²) >= 11 is 0. The zero-order valence-corrected chi connectivity index (χ0v) is 66.4. The monoisotopic (exact) mass is 1450 g/mol. The molecule has 0 rings (SSSR count). The molecule has 0 aliphatic carbocycles. The standard InChI is InChI=1S/C80H156O17P2/c1-6-9-12-15-18-21-23-25-26-27-28-32-36-39-44-49-54-59-64-78(83)91-70-76(97-80(85)66-61-56-51-46-41-37-33-30-29-31-35-38-43-47-52-57-62-73(4)5)72-95-99(88,89)93-68-74(81)67-92-98(86,87)94-71-75(69-90-77(82)63-58-53-48-42-20-17-14-11-8-3)96-79(84)65-60-55-50-45-40-34-24-22-19-16-13-10-7-2/h73-76,81H,6-72H2,1-5H3,(H,86,87)(H,88,89)/t74-,75+,76+/m0/s1. The smallest absolute Gasteiger partial charge is 0.462 e. The van der Waals surface area contributed by atoms with Gasteiger partial charge in [0.25, 0.3) is 0 Å². The molecular formula is C80H156O17P2. The Morgan fingerprint density at radius 3 is 0.687 bits per heavy atom. The normalized spacial score (nSPS) is 13.9. The molecule has 2 unspecified atom stereocenters. The van der Waals surface area contributed by atoms with E-state index in [2.05, 4.69) is 34.6 Å². The lowest BCUT2D eigenvalue weighted by atomic mass is 10.0. The van der Waals surface area contributed by atoms with Crippen LogP contribution in [0.25, 0.3) is 0 Å². The van der Waals surface area contributed by atoms with Crippen LogP contribution in [-0.2, 0) is 65.4 Å². The molecule has 0 amide bonds. The summed E-state index contributed by atoms with van der Waals surface area (Å²) in [6.45, 7) is 7.34. The van der Waals surface area contributed by atoms with Crippen LogP contribution < -0.4 is 0 Å². The van der Waals surface area contributed by atoms with Gasteiger partial charge in [-0.15, -0.1) is 0 Å². The molecule has 0 aromatic rings. The van der Waals surface area contributed by atoms with E-state index < -0.39 is 97.5 Å². The number of carbonyl (C=O) groups is 4. The molecule has 0 heterocycles. The van der Waals surface area contributed by atoms with Crippen LogP contribution in [0.3, 0.4) is 0 Å². The van der Waals surface area contributed by atoms with Crippen molar-refractivity contribution in [1.82, 2.24) is 0 Å². The van der Waals surface area contributed by atoms with Gasteiger partial charge >= 0.3 is 39.5 Å². The maximum absolute atomic E-state index is 13.1. The molecule has 0 aliphatic heterocycles. The predicted octanol–water partition coefficient (Wildman–Crippen LogP) is 24.0. The van der Waals surface area contributed by atoms with Gasteiger partial charge in [-0.3, -0.25) is 37.3 Å². The molecule has 0 fully saturated rings. The lowest BCUT2D eigenvalue weighted by molar-refractivity contribution is -0.161. The highest BCUT2D eigenvalue weighted by molar-refractivity contribution is 7.47. The Bertz CT molecular complexity index is 1890. The first-order valence-electron chi connectivity index (χ1n) is 41.6. The van der Waals surface area contributed by atoms with Crippen molar-refractivity contribution >= 4 is 39.5 Å². The van der Waals surface area contributed by atoms with E-state index in [-0.39, 0.29) is 25.7 Å². The largest absolute Gasteiger partial charge is 0.472 e. The van der Waals surface area contributed by atoms with E-state index >= 15 is 0 Å². The maximum Gasteiger partial charge on any atom is 0.472 e. The van der Waals surface area contributed by atoms with Crippen LogP contribution in [0.1, 0.15) is 426 Å². The number of aliphatic hydroxyl groups is 1. The summed E-state index contributed by atoms with van der Waals surface area (Å²) in [5.41, 5.74) is 0. The fraction of sp³-hybridized carbons (Fsp3) is 0.950. The Morgan fingerprint density at radius 2 is 0.465 bits per heavy atom. The van der Waals surface area contributed by atoms with Crippen molar-refractivity contribution in [2.24, 2.45) is 5.92 Å². The Kier molecular flexibility index (Phi) is 71.6. The summed E-state index contributed by atoms with van der Waals surface area (Å²) in [7, 11) is -9.91. The van der Waals surface area contributed by atoms with Gasteiger partial charge in [-0.1, -0.05) is 375 Å². The molecule has 3 N–H and O–H groups in total. The maximum atomic E-state index is 13.1. The molecule has 0 saturated carbocycles. The Morgan fingerprint density at radius 1 is 0.273 bits per heavy atom. The summed E-state index contributed by atoms with van der Waals surface area (Å²) < 4.78 is 68.6. The van der Waals surface area contributed by atoms with Crippen molar-refractivity contribution in [2.45, 2.75) is 445 Å². The van der Waals surface area contributed by atoms with Crippen LogP contribution in [0, 0.1) is 5.92 Å². The molecule has 0 aromatic heterocycles. The van der Waals surface area contributed by atoms with Gasteiger partial charge in [0, 0.05) is 25.7 Å². The van der Waals surface area contributed by atoms with Crippen molar-refractivity contribution in [3.05, 3.63) is 0 Å². The van der Waals surface area contributed by atoms with E-state index in [1.54, 1.807) is 0 Å². The first kappa shape index (κ1) is 97.1. The average molecular weight is 1450 g/mol. The first-order valence-corrected chi connectivity index (χ1v) is 44.6. The quantitative estimate of drug-likeness (QED) is 0.0222. The SMILES string of the molecule is CCCCCCCCCCCCCCCCCCCCC(=O)OC[C@H](COP(=O)(O)OC[C@@H](O)COP(=O)(O)OC[C@@H](COC(=O)CCCCCCCCCCC)OC(=O)CCCCCCCCCCCCCCC)OC(=O)CCCCCCCCCCCCCCCCCCC(C)C. The highest BCUT2D eigenvalue weighted by Crippen LogP contribution is 2.45. The predicted molar refractivity (Wildman–Crippen MR) is 405 cm³/mol. The third-order valence-corrected chi connectivity index (χ3v) is 20.7. The highest BCUT2D eigenvalue weighted by atomic mass is 31.2. The number of hydrogen-bond donors (Lipinski definition) is 3. The van der Waals surface area contributed by atoms with Crippen LogP contribution in [-0.4, -0.2) is 96.7 Å². The van der Waals surface area contributed by atoms with E-state index in [9.17, 15) is 43.2 Å². The van der Waals surface area contributed by atoms with Gasteiger partial charge in [0.05, 0.1) is 26.4 Å². The van der Waals surface area contributed by atoms with Gasteiger partial charge in [0.15, 0.2) is 12.2 Å². The Labute approximate surface area is 607 Å². The van der Waals surface area contributed by atoms with E-state index in [1.807, 2.05) is 0 Å². The molecule has 0 aliphatic rings. The molecule has 0 saturated heterocycles. The van der Waals surface area contributed by atoms with Gasteiger partial charge in [0.2, 0.25) is 0 Å². The summed E-state index contributed by atoms with van der Waals surface area (Å²) in [6.07, 6.45) is 63.8. The number of hydrogen-bond acceptors (Lipinski definition) is 15. The Hall–Kier alpha value is -1.94. The number of carbonyl (C=O) groups excluding carboxylic acids is 4. The van der Waals surface area contributed by atoms with E-state index in [0.717, 1.165) is 95.8 Å². The lowest BCUT2D eigenvalue weighted by Gasteiger charge is -2.21. The van der Waals surface area contributed by atoms with Crippen LogP contribution in [0.5, 0.6) is 0 Å². The Balaban J connectivity index is 5.21. The van der Waals surface area contributed by atoms with Crippen LogP contribution in [0.4, 0.5) is 0 Å². The van der Waals surface area contributed by atoms with E-state index in [4.69, 9.17) is 37.0 Å². The van der Waals surface area contributed by atoms with Crippen LogP contribution >= 0.6 is 15.6 Å². The number of ether oxygens (including phenoxy) is 4. The molecule has 0 bridgehead atoms. The average Bonchev–Trinajstić information content (AvgIpc) is 1.06. The van der Waals surface area contributed by atoms with Gasteiger partial charge in [-0.2, -0.15) is 0 Å². The third kappa shape index (κ3) is 74.1. The first-order chi connectivity index (χ1) is 48.0. The molecule has 0 aromatic carbocycles. The molecule has 0 spiro atoms. The summed E-state index contributed by atoms with van der Waals surface area (Å²) in [5, 5.41) is 10.6. The summed E-state index contributed by atoms with van der Waals surface area (Å²) in [5.74, 6) is -1.30. The van der Waals surface area contributed by atoms with Gasteiger partial charge in [-0.05, 0) is 31.6 Å². The minimum absolute atomic E-state index is 0.108. The summed E-state index contributed by atoms with van der Waals surface area (Å²) in [6, 6.07) is 0. The van der Waals surface area contributed by atoms with Crippen LogP contribution in [0.2, 0.25) is 0 Å². The van der Waals surface area contributed by atoms with Crippen LogP contribution in [0.15, 0.2) is 0 Å². The van der Waals surface area contributed by atoms with Gasteiger partial charge in [0.1, 0.15) is 19.3 Å². The van der Waals surface area contributed by atoms with E-state index in [1.165, 1.54) is 250 Å². The number of rotatable bonds is 80. The van der Waals surface area contributed by atoms with Crippen molar-refractivity contribution in [3.63, 3.8) is 0 Å². The second kappa shape index (κ2) is 73.0. The van der Waals surface area contributed by atoms with Crippen molar-refractivity contribution in [2.75, 3.05) is 39.6 Å². The molecule has 19 heteroatoms. The van der Waals surface area contributed by atoms with Gasteiger partial charge < -0.3 is 33.8 Å². The number of esters is 4. The van der Waals surface area contributed by atoms with Crippen molar-refractivity contribution in [1.29, 1.82) is 0 Å². The minimum atomic E-state index is -4.96. The fourth-order valence-electron chi connectivity index (χ4n) is 12.4.